The fourth-order valence-electron chi connectivity index (χ4n) is 1.98. The highest BCUT2D eigenvalue weighted by atomic mass is 19.1. The Morgan fingerprint density at radius 1 is 1.33 bits per heavy atom. The first kappa shape index (κ1) is 15.0. The Kier molecular flexibility index (Phi) is 4.52. The number of nitrogens with two attached hydrogens (primary N) is 1. The standard InChI is InChI=1S/C16H18FN3O/c1-11(2)20(10-13-5-3-4-8-19-13)16(21)12-6-7-15(18)14(17)9-12/h3-9,11H,10,18H2,1-2H3. The van der Waals surface area contributed by atoms with E-state index >= 15 is 0 Å². The predicted molar refractivity (Wildman–Crippen MR) is 80.1 cm³/mol. The third-order valence-corrected chi connectivity index (χ3v) is 3.19. The van der Waals surface area contributed by atoms with Crippen LogP contribution in [0.15, 0.2) is 42.6 Å². The summed E-state index contributed by atoms with van der Waals surface area (Å²) in [7, 11) is 0. The Morgan fingerprint density at radius 3 is 2.67 bits per heavy atom. The van der Waals surface area contributed by atoms with Gasteiger partial charge in [0.15, 0.2) is 0 Å². The van der Waals surface area contributed by atoms with E-state index in [0.717, 1.165) is 5.69 Å². The summed E-state index contributed by atoms with van der Waals surface area (Å²) < 4.78 is 13.5. The van der Waals surface area contributed by atoms with E-state index in [1.165, 1.54) is 18.2 Å². The van der Waals surface area contributed by atoms with E-state index in [1.807, 2.05) is 32.0 Å². The molecule has 0 aliphatic heterocycles. The van der Waals surface area contributed by atoms with E-state index in [0.29, 0.717) is 6.54 Å². The molecule has 2 aromatic rings. The molecule has 110 valence electrons. The van der Waals surface area contributed by atoms with Gasteiger partial charge in [-0.15, -0.1) is 0 Å². The van der Waals surface area contributed by atoms with Gasteiger partial charge in [0.2, 0.25) is 0 Å². The average Bonchev–Trinajstić information content (AvgIpc) is 2.47. The summed E-state index contributed by atoms with van der Waals surface area (Å²) in [6, 6.07) is 9.63. The minimum Gasteiger partial charge on any atom is -0.396 e. The second-order valence-corrected chi connectivity index (χ2v) is 5.08. The van der Waals surface area contributed by atoms with Gasteiger partial charge < -0.3 is 10.6 Å². The van der Waals surface area contributed by atoms with E-state index in [9.17, 15) is 9.18 Å². The SMILES string of the molecule is CC(C)N(Cc1ccccn1)C(=O)c1ccc(N)c(F)c1. The zero-order chi connectivity index (χ0) is 15.4. The fourth-order valence-corrected chi connectivity index (χ4v) is 1.98. The molecule has 0 atom stereocenters. The number of nitrogens with zero attached hydrogens (tertiary/aromatic N) is 2. The molecule has 0 unspecified atom stereocenters. The molecular weight excluding hydrogens is 269 g/mol. The van der Waals surface area contributed by atoms with Gasteiger partial charge in [0.05, 0.1) is 17.9 Å². The Bertz CT molecular complexity index is 629. The zero-order valence-electron chi connectivity index (χ0n) is 12.1. The highest BCUT2D eigenvalue weighted by Crippen LogP contribution is 2.16. The van der Waals surface area contributed by atoms with Crippen LogP contribution in [0.2, 0.25) is 0 Å². The highest BCUT2D eigenvalue weighted by molar-refractivity contribution is 5.94. The lowest BCUT2D eigenvalue weighted by molar-refractivity contribution is 0.0687. The van der Waals surface area contributed by atoms with Crippen LogP contribution in [0.3, 0.4) is 0 Å². The first-order valence-corrected chi connectivity index (χ1v) is 6.75. The number of halogens is 1. The summed E-state index contributed by atoms with van der Waals surface area (Å²) in [5.41, 5.74) is 6.54. The van der Waals surface area contributed by atoms with Gasteiger partial charge in [-0.05, 0) is 44.2 Å². The van der Waals surface area contributed by atoms with E-state index in [1.54, 1.807) is 11.1 Å². The predicted octanol–water partition coefficient (Wildman–Crippen LogP) is 2.85. The smallest absolute Gasteiger partial charge is 0.254 e. The number of pyridine rings is 1. The Hall–Kier alpha value is -2.43. The highest BCUT2D eigenvalue weighted by Gasteiger charge is 2.20. The van der Waals surface area contributed by atoms with Crippen LogP contribution >= 0.6 is 0 Å². The van der Waals surface area contributed by atoms with Crippen molar-refractivity contribution in [1.82, 2.24) is 9.88 Å². The Balaban J connectivity index is 2.25. The molecule has 0 saturated heterocycles. The maximum Gasteiger partial charge on any atom is 0.254 e. The number of rotatable bonds is 4. The molecule has 0 radical (unpaired) electrons. The van der Waals surface area contributed by atoms with Gasteiger partial charge >= 0.3 is 0 Å². The second-order valence-electron chi connectivity index (χ2n) is 5.08. The maximum atomic E-state index is 13.5. The number of carbonyl (C=O) groups is 1. The van der Waals surface area contributed by atoms with Gasteiger partial charge in [0.1, 0.15) is 5.82 Å². The van der Waals surface area contributed by atoms with Crippen molar-refractivity contribution in [1.29, 1.82) is 0 Å². The van der Waals surface area contributed by atoms with Gasteiger partial charge in [-0.1, -0.05) is 6.07 Å². The largest absolute Gasteiger partial charge is 0.396 e. The molecule has 0 saturated carbocycles. The van der Waals surface area contributed by atoms with Crippen LogP contribution in [0.4, 0.5) is 10.1 Å². The summed E-state index contributed by atoms with van der Waals surface area (Å²) in [5, 5.41) is 0. The molecule has 0 aliphatic rings. The van der Waals surface area contributed by atoms with E-state index in [2.05, 4.69) is 4.98 Å². The minimum atomic E-state index is -0.581. The molecule has 0 fully saturated rings. The minimum absolute atomic E-state index is 0.0277. The van der Waals surface area contributed by atoms with Gasteiger partial charge in [0.25, 0.3) is 5.91 Å². The summed E-state index contributed by atoms with van der Waals surface area (Å²) >= 11 is 0. The monoisotopic (exact) mass is 287 g/mol. The van der Waals surface area contributed by atoms with Crippen LogP contribution in [0.25, 0.3) is 0 Å². The topological polar surface area (TPSA) is 59.2 Å². The molecule has 0 bridgehead atoms. The maximum absolute atomic E-state index is 13.5. The number of anilines is 1. The number of benzene rings is 1. The van der Waals surface area contributed by atoms with Crippen molar-refractivity contribution in [2.24, 2.45) is 0 Å². The van der Waals surface area contributed by atoms with Crippen LogP contribution in [-0.2, 0) is 6.54 Å². The lowest BCUT2D eigenvalue weighted by Gasteiger charge is -2.26. The lowest BCUT2D eigenvalue weighted by Crippen LogP contribution is -2.36. The second kappa shape index (κ2) is 6.35. The quantitative estimate of drug-likeness (QED) is 0.880. The normalized spacial score (nSPS) is 10.7. The van der Waals surface area contributed by atoms with Gasteiger partial charge in [-0.3, -0.25) is 9.78 Å². The van der Waals surface area contributed by atoms with Crippen molar-refractivity contribution >= 4 is 11.6 Å². The van der Waals surface area contributed by atoms with Crippen LogP contribution in [-0.4, -0.2) is 21.8 Å². The number of hydrogen-bond acceptors (Lipinski definition) is 3. The first-order chi connectivity index (χ1) is 9.99. The molecule has 1 aromatic heterocycles. The molecule has 0 aliphatic carbocycles. The molecule has 2 rings (SSSR count). The third kappa shape index (κ3) is 3.56. The molecule has 1 amide bonds. The van der Waals surface area contributed by atoms with Crippen molar-refractivity contribution < 1.29 is 9.18 Å². The van der Waals surface area contributed by atoms with Crippen molar-refractivity contribution in [3.63, 3.8) is 0 Å². The van der Waals surface area contributed by atoms with Crippen LogP contribution in [0.1, 0.15) is 29.9 Å². The summed E-state index contributed by atoms with van der Waals surface area (Å²) in [6.07, 6.45) is 1.68. The van der Waals surface area contributed by atoms with Crippen molar-refractivity contribution in [2.75, 3.05) is 5.73 Å². The molecule has 0 spiro atoms. The number of carbonyl (C=O) groups excluding carboxylic acids is 1. The molecule has 1 heterocycles. The summed E-state index contributed by atoms with van der Waals surface area (Å²) in [4.78, 5) is 18.4. The van der Waals surface area contributed by atoms with E-state index in [4.69, 9.17) is 5.73 Å². The molecule has 21 heavy (non-hydrogen) atoms. The van der Waals surface area contributed by atoms with Crippen LogP contribution in [0.5, 0.6) is 0 Å². The van der Waals surface area contributed by atoms with Gasteiger partial charge in [-0.25, -0.2) is 4.39 Å². The third-order valence-electron chi connectivity index (χ3n) is 3.19. The van der Waals surface area contributed by atoms with E-state index in [-0.39, 0.29) is 23.2 Å². The molecular formula is C16H18FN3O. The first-order valence-electron chi connectivity index (χ1n) is 6.75. The molecule has 1 aromatic carbocycles. The van der Waals surface area contributed by atoms with Crippen LogP contribution < -0.4 is 5.73 Å². The average molecular weight is 287 g/mol. The van der Waals surface area contributed by atoms with Gasteiger partial charge in [-0.2, -0.15) is 0 Å². The van der Waals surface area contributed by atoms with Crippen molar-refractivity contribution in [3.8, 4) is 0 Å². The molecule has 2 N–H and O–H groups in total. The zero-order valence-corrected chi connectivity index (χ0v) is 12.1. The molecule has 5 heteroatoms. The number of amides is 1. The Morgan fingerprint density at radius 2 is 2.10 bits per heavy atom. The van der Waals surface area contributed by atoms with Crippen molar-refractivity contribution in [3.05, 3.63) is 59.7 Å². The summed E-state index contributed by atoms with van der Waals surface area (Å²) in [6.45, 7) is 4.20. The number of nitrogen functional groups attached to an aromatic ring is 1. The summed E-state index contributed by atoms with van der Waals surface area (Å²) in [5.74, 6) is -0.822. The number of hydrogen-bond donors (Lipinski definition) is 1. The fraction of sp³-hybridized carbons (Fsp3) is 0.250. The Labute approximate surface area is 123 Å². The van der Waals surface area contributed by atoms with E-state index < -0.39 is 5.82 Å². The molecule has 4 nitrogen and oxygen atoms in total. The lowest BCUT2D eigenvalue weighted by atomic mass is 10.1. The van der Waals surface area contributed by atoms with Crippen molar-refractivity contribution in [2.45, 2.75) is 26.4 Å². The van der Waals surface area contributed by atoms with Gasteiger partial charge in [0, 0.05) is 17.8 Å². The van der Waals surface area contributed by atoms with Crippen LogP contribution in [0, 0.1) is 5.82 Å². The number of aromatic nitrogens is 1.